The van der Waals surface area contributed by atoms with Gasteiger partial charge in [0.2, 0.25) is 0 Å². The van der Waals surface area contributed by atoms with Crippen molar-refractivity contribution < 1.29 is 9.90 Å². The zero-order valence-corrected chi connectivity index (χ0v) is 12.4. The van der Waals surface area contributed by atoms with Gasteiger partial charge in [-0.25, -0.2) is 4.79 Å². The third-order valence-corrected chi connectivity index (χ3v) is 3.08. The average molecular weight is 278 g/mol. The van der Waals surface area contributed by atoms with Crippen LogP contribution < -0.4 is 10.6 Å². The van der Waals surface area contributed by atoms with Crippen LogP contribution >= 0.6 is 0 Å². The van der Waals surface area contributed by atoms with Gasteiger partial charge in [0.1, 0.15) is 0 Å². The topological polar surface area (TPSA) is 61.4 Å². The van der Waals surface area contributed by atoms with Gasteiger partial charge in [-0.05, 0) is 30.7 Å². The molecule has 1 aromatic carbocycles. The summed E-state index contributed by atoms with van der Waals surface area (Å²) in [6.07, 6.45) is 2.65. The highest BCUT2D eigenvalue weighted by Gasteiger charge is 2.12. The van der Waals surface area contributed by atoms with E-state index in [-0.39, 0.29) is 18.7 Å². The lowest BCUT2D eigenvalue weighted by atomic mass is 10.0. The fourth-order valence-corrected chi connectivity index (χ4v) is 2.12. The Kier molecular flexibility index (Phi) is 7.73. The molecule has 0 heterocycles. The van der Waals surface area contributed by atoms with Crippen LogP contribution in [0, 0.1) is 5.92 Å². The van der Waals surface area contributed by atoms with Gasteiger partial charge in [0, 0.05) is 6.54 Å². The molecule has 1 atom stereocenters. The van der Waals surface area contributed by atoms with Crippen molar-refractivity contribution in [1.82, 2.24) is 10.6 Å². The Morgan fingerprint density at radius 2 is 1.95 bits per heavy atom. The molecule has 0 radical (unpaired) electrons. The third kappa shape index (κ3) is 7.14. The minimum atomic E-state index is -0.197. The molecule has 0 aromatic heterocycles. The zero-order chi connectivity index (χ0) is 14.8. The molecule has 0 bridgehead atoms. The summed E-state index contributed by atoms with van der Waals surface area (Å²) in [5.41, 5.74) is 1.28. The highest BCUT2D eigenvalue weighted by molar-refractivity contribution is 5.74. The Bertz CT molecular complexity index is 379. The van der Waals surface area contributed by atoms with E-state index < -0.39 is 0 Å². The molecule has 1 aromatic rings. The quantitative estimate of drug-likeness (QED) is 0.639. The number of benzene rings is 1. The summed E-state index contributed by atoms with van der Waals surface area (Å²) in [4.78, 5) is 11.7. The number of aryl methyl sites for hydroxylation is 1. The first kappa shape index (κ1) is 16.5. The number of aliphatic hydroxyl groups excluding tert-OH is 1. The van der Waals surface area contributed by atoms with Crippen LogP contribution in [-0.2, 0) is 6.42 Å². The molecule has 0 fully saturated rings. The van der Waals surface area contributed by atoms with Crippen LogP contribution in [0.2, 0.25) is 0 Å². The number of carbonyl (C=O) groups excluding carboxylic acids is 1. The van der Waals surface area contributed by atoms with Crippen LogP contribution in [0.3, 0.4) is 0 Å². The normalized spacial score (nSPS) is 12.2. The van der Waals surface area contributed by atoms with E-state index in [1.54, 1.807) is 0 Å². The maximum Gasteiger partial charge on any atom is 0.315 e. The second-order valence-corrected chi connectivity index (χ2v) is 5.50. The molecule has 0 spiro atoms. The minimum absolute atomic E-state index is 0.0182. The Morgan fingerprint density at radius 3 is 2.55 bits per heavy atom. The van der Waals surface area contributed by atoms with Crippen LogP contribution in [0.15, 0.2) is 30.3 Å². The fourth-order valence-electron chi connectivity index (χ4n) is 2.12. The maximum absolute atomic E-state index is 11.7. The van der Waals surface area contributed by atoms with Gasteiger partial charge in [0.05, 0.1) is 12.6 Å². The van der Waals surface area contributed by atoms with E-state index in [1.807, 2.05) is 18.2 Å². The van der Waals surface area contributed by atoms with Crippen molar-refractivity contribution in [1.29, 1.82) is 0 Å². The van der Waals surface area contributed by atoms with E-state index >= 15 is 0 Å². The zero-order valence-electron chi connectivity index (χ0n) is 12.4. The molecule has 20 heavy (non-hydrogen) atoms. The van der Waals surface area contributed by atoms with Crippen LogP contribution in [0.1, 0.15) is 32.3 Å². The lowest BCUT2D eigenvalue weighted by Gasteiger charge is -2.18. The van der Waals surface area contributed by atoms with Crippen molar-refractivity contribution in [3.8, 4) is 0 Å². The molecule has 0 saturated heterocycles. The SMILES string of the molecule is CC(C)CC(CO)NC(=O)NCCCc1ccccc1. The van der Waals surface area contributed by atoms with Gasteiger partial charge in [-0.15, -0.1) is 0 Å². The summed E-state index contributed by atoms with van der Waals surface area (Å²) in [6.45, 7) is 4.76. The van der Waals surface area contributed by atoms with Crippen LogP contribution in [0.5, 0.6) is 0 Å². The molecule has 1 unspecified atom stereocenters. The highest BCUT2D eigenvalue weighted by atomic mass is 16.3. The molecular weight excluding hydrogens is 252 g/mol. The first-order valence-electron chi connectivity index (χ1n) is 7.31. The summed E-state index contributed by atoms with van der Waals surface area (Å²) in [7, 11) is 0. The van der Waals surface area contributed by atoms with Crippen molar-refractivity contribution in [2.24, 2.45) is 5.92 Å². The molecule has 0 saturated carbocycles. The van der Waals surface area contributed by atoms with E-state index in [2.05, 4.69) is 36.6 Å². The molecule has 0 aliphatic heterocycles. The summed E-state index contributed by atoms with van der Waals surface area (Å²) >= 11 is 0. The number of hydrogen-bond acceptors (Lipinski definition) is 2. The monoisotopic (exact) mass is 278 g/mol. The number of aliphatic hydroxyl groups is 1. The van der Waals surface area contributed by atoms with Crippen molar-refractivity contribution >= 4 is 6.03 Å². The summed E-state index contributed by atoms with van der Waals surface area (Å²) in [5.74, 6) is 0.450. The van der Waals surface area contributed by atoms with E-state index in [0.29, 0.717) is 12.5 Å². The Balaban J connectivity index is 2.16. The Morgan fingerprint density at radius 1 is 1.25 bits per heavy atom. The molecule has 1 rings (SSSR count). The van der Waals surface area contributed by atoms with Gasteiger partial charge < -0.3 is 15.7 Å². The van der Waals surface area contributed by atoms with Gasteiger partial charge in [-0.3, -0.25) is 0 Å². The van der Waals surface area contributed by atoms with E-state index in [0.717, 1.165) is 19.3 Å². The first-order chi connectivity index (χ1) is 9.61. The molecule has 2 amide bonds. The molecule has 4 nitrogen and oxygen atoms in total. The number of nitrogens with one attached hydrogen (secondary N) is 2. The molecular formula is C16H26N2O2. The Labute approximate surface area is 121 Å². The third-order valence-electron chi connectivity index (χ3n) is 3.08. The smallest absolute Gasteiger partial charge is 0.315 e. The fraction of sp³-hybridized carbons (Fsp3) is 0.562. The first-order valence-corrected chi connectivity index (χ1v) is 7.31. The van der Waals surface area contributed by atoms with Crippen LogP contribution in [0.4, 0.5) is 4.79 Å². The summed E-state index contributed by atoms with van der Waals surface area (Å²) in [5, 5.41) is 14.8. The van der Waals surface area contributed by atoms with E-state index in [1.165, 1.54) is 5.56 Å². The van der Waals surface area contributed by atoms with Gasteiger partial charge in [-0.1, -0.05) is 44.2 Å². The van der Waals surface area contributed by atoms with Crippen molar-refractivity contribution in [2.75, 3.05) is 13.2 Å². The molecule has 3 N–H and O–H groups in total. The number of amides is 2. The number of urea groups is 1. The lowest BCUT2D eigenvalue weighted by molar-refractivity contribution is 0.207. The average Bonchev–Trinajstić information content (AvgIpc) is 2.43. The van der Waals surface area contributed by atoms with Crippen molar-refractivity contribution in [3.05, 3.63) is 35.9 Å². The van der Waals surface area contributed by atoms with Gasteiger partial charge >= 0.3 is 6.03 Å². The van der Waals surface area contributed by atoms with Crippen LogP contribution in [0.25, 0.3) is 0 Å². The summed E-state index contributed by atoms with van der Waals surface area (Å²) < 4.78 is 0. The van der Waals surface area contributed by atoms with Gasteiger partial charge in [0.25, 0.3) is 0 Å². The van der Waals surface area contributed by atoms with Crippen molar-refractivity contribution in [2.45, 2.75) is 39.2 Å². The van der Waals surface area contributed by atoms with Crippen LogP contribution in [-0.4, -0.2) is 30.3 Å². The predicted molar refractivity (Wildman–Crippen MR) is 81.6 cm³/mol. The number of hydrogen-bond donors (Lipinski definition) is 3. The second-order valence-electron chi connectivity index (χ2n) is 5.50. The predicted octanol–water partition coefficient (Wildman–Crippen LogP) is 2.33. The number of carbonyl (C=O) groups is 1. The minimum Gasteiger partial charge on any atom is -0.394 e. The standard InChI is InChI=1S/C16H26N2O2/c1-13(2)11-15(12-19)18-16(20)17-10-6-9-14-7-4-3-5-8-14/h3-5,7-8,13,15,19H,6,9-12H2,1-2H3,(H2,17,18,20). The Hall–Kier alpha value is -1.55. The summed E-state index contributed by atoms with van der Waals surface area (Å²) in [6, 6.07) is 9.86. The molecule has 0 aliphatic carbocycles. The number of rotatable bonds is 8. The lowest BCUT2D eigenvalue weighted by Crippen LogP contribution is -2.44. The maximum atomic E-state index is 11.7. The largest absolute Gasteiger partial charge is 0.394 e. The highest BCUT2D eigenvalue weighted by Crippen LogP contribution is 2.04. The molecule has 4 heteroatoms. The molecule has 0 aliphatic rings. The van der Waals surface area contributed by atoms with E-state index in [9.17, 15) is 9.90 Å². The van der Waals surface area contributed by atoms with Gasteiger partial charge in [0.15, 0.2) is 0 Å². The van der Waals surface area contributed by atoms with Gasteiger partial charge in [-0.2, -0.15) is 0 Å². The molecule has 112 valence electrons. The van der Waals surface area contributed by atoms with E-state index in [4.69, 9.17) is 0 Å². The van der Waals surface area contributed by atoms with Crippen molar-refractivity contribution in [3.63, 3.8) is 0 Å². The second kappa shape index (κ2) is 9.37.